The number of ether oxygens (including phenoxy) is 1. The maximum absolute atomic E-state index is 13.2. The molecule has 0 saturated carbocycles. The van der Waals surface area contributed by atoms with Gasteiger partial charge < -0.3 is 14.9 Å². The number of aliphatic hydroxyl groups is 1. The van der Waals surface area contributed by atoms with Crippen molar-refractivity contribution in [3.8, 4) is 11.5 Å². The largest absolute Gasteiger partial charge is 0.508 e. The molecule has 1 saturated heterocycles. The maximum atomic E-state index is 13.2. The van der Waals surface area contributed by atoms with Crippen molar-refractivity contribution in [2.75, 3.05) is 11.5 Å². The van der Waals surface area contributed by atoms with Crippen LogP contribution in [-0.2, 0) is 9.59 Å². The molecule has 6 nitrogen and oxygen atoms in total. The van der Waals surface area contributed by atoms with Crippen molar-refractivity contribution in [3.63, 3.8) is 0 Å². The number of amides is 1. The van der Waals surface area contributed by atoms with Crippen LogP contribution in [0.15, 0.2) is 78.4 Å². The van der Waals surface area contributed by atoms with Gasteiger partial charge in [-0.05, 0) is 67.4 Å². The number of rotatable bonds is 8. The van der Waals surface area contributed by atoms with Crippen molar-refractivity contribution in [2.45, 2.75) is 39.2 Å². The van der Waals surface area contributed by atoms with Crippen LogP contribution < -0.4 is 9.64 Å². The van der Waals surface area contributed by atoms with Gasteiger partial charge in [-0.1, -0.05) is 49.6 Å². The molecule has 4 rings (SSSR count). The molecule has 0 spiro atoms. The van der Waals surface area contributed by atoms with Gasteiger partial charge in [-0.15, -0.1) is 0 Å². The summed E-state index contributed by atoms with van der Waals surface area (Å²) in [6.45, 7) is 4.68. The Hall–Kier alpha value is -4.06. The summed E-state index contributed by atoms with van der Waals surface area (Å²) in [5.41, 5.74) is 2.57. The highest BCUT2D eigenvalue weighted by Crippen LogP contribution is 2.42. The van der Waals surface area contributed by atoms with Gasteiger partial charge in [-0.2, -0.15) is 0 Å². The van der Waals surface area contributed by atoms with E-state index in [4.69, 9.17) is 4.74 Å². The third kappa shape index (κ3) is 5.06. The van der Waals surface area contributed by atoms with Crippen LogP contribution in [0.4, 0.5) is 5.69 Å². The maximum Gasteiger partial charge on any atom is 0.300 e. The Bertz CT molecular complexity index is 1230. The summed E-state index contributed by atoms with van der Waals surface area (Å²) in [6, 6.07) is 19.6. The van der Waals surface area contributed by atoms with E-state index in [0.717, 1.165) is 24.8 Å². The fourth-order valence-corrected chi connectivity index (χ4v) is 4.18. The molecule has 0 radical (unpaired) electrons. The zero-order chi connectivity index (χ0) is 24.9. The first-order valence-corrected chi connectivity index (χ1v) is 11.8. The lowest BCUT2D eigenvalue weighted by molar-refractivity contribution is -0.132. The van der Waals surface area contributed by atoms with Crippen LogP contribution in [0.2, 0.25) is 0 Å². The van der Waals surface area contributed by atoms with E-state index in [-0.39, 0.29) is 17.1 Å². The smallest absolute Gasteiger partial charge is 0.300 e. The van der Waals surface area contributed by atoms with E-state index in [1.807, 2.05) is 19.1 Å². The first-order chi connectivity index (χ1) is 16.9. The minimum atomic E-state index is -0.844. The molecule has 1 unspecified atom stereocenters. The average molecular weight is 472 g/mol. The quantitative estimate of drug-likeness (QED) is 0.185. The van der Waals surface area contributed by atoms with E-state index in [9.17, 15) is 19.8 Å². The number of aryl methyl sites for hydroxylation is 1. The monoisotopic (exact) mass is 471 g/mol. The fraction of sp³-hybridized carbons (Fsp3) is 0.241. The van der Waals surface area contributed by atoms with Crippen molar-refractivity contribution in [3.05, 3.63) is 95.1 Å². The summed E-state index contributed by atoms with van der Waals surface area (Å²) in [4.78, 5) is 27.8. The number of anilines is 1. The van der Waals surface area contributed by atoms with Gasteiger partial charge in [0.15, 0.2) is 0 Å². The van der Waals surface area contributed by atoms with Gasteiger partial charge in [0.2, 0.25) is 0 Å². The molecule has 0 aromatic heterocycles. The first kappa shape index (κ1) is 24.1. The van der Waals surface area contributed by atoms with Crippen LogP contribution in [0.5, 0.6) is 11.5 Å². The zero-order valence-corrected chi connectivity index (χ0v) is 19.9. The molecule has 3 aromatic rings. The number of nitrogens with zero attached hydrogens (tertiary/aromatic N) is 1. The second-order valence-electron chi connectivity index (χ2n) is 8.68. The Morgan fingerprint density at radius 3 is 2.20 bits per heavy atom. The van der Waals surface area contributed by atoms with Gasteiger partial charge in [0.05, 0.1) is 18.2 Å². The van der Waals surface area contributed by atoms with Gasteiger partial charge in [0, 0.05) is 11.3 Å². The van der Waals surface area contributed by atoms with Gasteiger partial charge in [0.1, 0.15) is 17.3 Å². The Balaban J connectivity index is 1.74. The normalized spacial score (nSPS) is 17.1. The first-order valence-electron chi connectivity index (χ1n) is 11.8. The Morgan fingerprint density at radius 1 is 0.914 bits per heavy atom. The number of aromatic hydroxyl groups is 1. The number of hydrogen-bond acceptors (Lipinski definition) is 5. The lowest BCUT2D eigenvalue weighted by Gasteiger charge is -2.25. The van der Waals surface area contributed by atoms with Gasteiger partial charge in [-0.3, -0.25) is 14.5 Å². The molecule has 1 atom stereocenters. The summed E-state index contributed by atoms with van der Waals surface area (Å²) < 4.78 is 5.74. The fourth-order valence-electron chi connectivity index (χ4n) is 4.18. The number of unbranched alkanes of at least 4 members (excludes halogenated alkanes) is 2. The molecule has 35 heavy (non-hydrogen) atoms. The number of ketones is 1. The lowest BCUT2D eigenvalue weighted by Crippen LogP contribution is -2.29. The molecule has 1 heterocycles. The van der Waals surface area contributed by atoms with Gasteiger partial charge in [-0.25, -0.2) is 0 Å². The number of benzene rings is 3. The van der Waals surface area contributed by atoms with Crippen molar-refractivity contribution < 1.29 is 24.5 Å². The SMILES string of the molecule is CCCCCOc1ccc(/C(O)=C2\C(=O)C(=O)N(c3ccc(C)cc3)C2c2ccc(O)cc2)cc1. The third-order valence-electron chi connectivity index (χ3n) is 6.11. The van der Waals surface area contributed by atoms with E-state index < -0.39 is 17.7 Å². The highest BCUT2D eigenvalue weighted by molar-refractivity contribution is 6.51. The molecule has 6 heteroatoms. The number of phenols is 1. The zero-order valence-electron chi connectivity index (χ0n) is 19.9. The molecule has 3 aromatic carbocycles. The summed E-state index contributed by atoms with van der Waals surface area (Å²) in [7, 11) is 0. The predicted molar refractivity (Wildman–Crippen MR) is 136 cm³/mol. The third-order valence-corrected chi connectivity index (χ3v) is 6.11. The standard InChI is InChI=1S/C29H29NO5/c1-3-4-5-18-35-24-16-10-21(11-17-24)27(32)25-26(20-8-14-23(31)15-9-20)30(29(34)28(25)33)22-12-6-19(2)7-13-22/h6-17,26,31-32H,3-5,18H2,1-2H3/b27-25+. The average Bonchev–Trinajstić information content (AvgIpc) is 3.13. The van der Waals surface area contributed by atoms with Crippen LogP contribution in [0.25, 0.3) is 5.76 Å². The molecule has 1 aliphatic rings. The molecular weight excluding hydrogens is 442 g/mol. The molecule has 0 bridgehead atoms. The Kier molecular flexibility index (Phi) is 7.20. The van der Waals surface area contributed by atoms with Crippen LogP contribution in [0.1, 0.15) is 48.9 Å². The van der Waals surface area contributed by atoms with Crippen molar-refractivity contribution >= 4 is 23.1 Å². The second kappa shape index (κ2) is 10.5. The summed E-state index contributed by atoms with van der Waals surface area (Å²) >= 11 is 0. The van der Waals surface area contributed by atoms with Crippen molar-refractivity contribution in [1.29, 1.82) is 0 Å². The number of carbonyl (C=O) groups excluding carboxylic acids is 2. The predicted octanol–water partition coefficient (Wildman–Crippen LogP) is 5.90. The molecule has 0 aliphatic carbocycles. The van der Waals surface area contributed by atoms with E-state index in [1.54, 1.807) is 48.5 Å². The van der Waals surface area contributed by atoms with E-state index in [2.05, 4.69) is 6.92 Å². The number of hydrogen-bond donors (Lipinski definition) is 2. The minimum Gasteiger partial charge on any atom is -0.508 e. The molecule has 1 fully saturated rings. The number of carbonyl (C=O) groups is 2. The van der Waals surface area contributed by atoms with E-state index >= 15 is 0 Å². The van der Waals surface area contributed by atoms with Crippen LogP contribution in [0.3, 0.4) is 0 Å². The van der Waals surface area contributed by atoms with Gasteiger partial charge >= 0.3 is 0 Å². The van der Waals surface area contributed by atoms with Crippen LogP contribution in [-0.4, -0.2) is 28.5 Å². The molecule has 180 valence electrons. The lowest BCUT2D eigenvalue weighted by atomic mass is 9.95. The molecule has 1 amide bonds. The Morgan fingerprint density at radius 2 is 1.57 bits per heavy atom. The highest BCUT2D eigenvalue weighted by Gasteiger charge is 2.46. The molecule has 2 N–H and O–H groups in total. The summed E-state index contributed by atoms with van der Waals surface area (Å²) in [6.07, 6.45) is 3.17. The van der Waals surface area contributed by atoms with Crippen molar-refractivity contribution in [1.82, 2.24) is 0 Å². The Labute approximate surface area is 205 Å². The number of Topliss-reactive ketones (excluding diaryl/α,β-unsaturated/α-hetero) is 1. The van der Waals surface area contributed by atoms with Crippen molar-refractivity contribution in [2.24, 2.45) is 0 Å². The summed E-state index contributed by atoms with van der Waals surface area (Å²) in [5, 5.41) is 21.0. The van der Waals surface area contributed by atoms with E-state index in [0.29, 0.717) is 29.2 Å². The molecule has 1 aliphatic heterocycles. The minimum absolute atomic E-state index is 0.00196. The number of aliphatic hydroxyl groups excluding tert-OH is 1. The summed E-state index contributed by atoms with van der Waals surface area (Å²) in [5.74, 6) is -0.998. The highest BCUT2D eigenvalue weighted by atomic mass is 16.5. The van der Waals surface area contributed by atoms with Gasteiger partial charge in [0.25, 0.3) is 11.7 Å². The van der Waals surface area contributed by atoms with Crippen LogP contribution >= 0.6 is 0 Å². The molecular formula is C29H29NO5. The van der Waals surface area contributed by atoms with E-state index in [1.165, 1.54) is 17.0 Å². The number of phenolic OH excluding ortho intramolecular Hbond substituents is 1. The second-order valence-corrected chi connectivity index (χ2v) is 8.68. The van der Waals surface area contributed by atoms with Crippen LogP contribution in [0, 0.1) is 6.92 Å². The topological polar surface area (TPSA) is 87.1 Å².